The molecule has 0 aliphatic carbocycles. The summed E-state index contributed by atoms with van der Waals surface area (Å²) in [6.45, 7) is -0.599. The summed E-state index contributed by atoms with van der Waals surface area (Å²) in [6.07, 6.45) is -6.86. The van der Waals surface area contributed by atoms with Crippen molar-refractivity contribution in [1.82, 2.24) is 14.5 Å². The molecule has 2 aromatic heterocycles. The van der Waals surface area contributed by atoms with Crippen LogP contribution in [0.4, 0.5) is 14.7 Å². The lowest BCUT2D eigenvalue weighted by molar-refractivity contribution is -0.0732. The second-order valence-electron chi connectivity index (χ2n) is 7.39. The second kappa shape index (κ2) is 9.78. The van der Waals surface area contributed by atoms with E-state index in [9.17, 15) is 42.2 Å². The van der Waals surface area contributed by atoms with Crippen LogP contribution in [0.25, 0.3) is 11.0 Å². The Labute approximate surface area is 203 Å². The quantitative estimate of drug-likeness (QED) is 0.151. The van der Waals surface area contributed by atoms with Crippen molar-refractivity contribution in [2.45, 2.75) is 36.3 Å². The van der Waals surface area contributed by atoms with Gasteiger partial charge in [-0.05, 0) is 6.92 Å². The Bertz CT molecular complexity index is 1370. The van der Waals surface area contributed by atoms with Gasteiger partial charge in [0.2, 0.25) is 5.95 Å². The van der Waals surface area contributed by atoms with Crippen molar-refractivity contribution in [1.29, 1.82) is 0 Å². The van der Waals surface area contributed by atoms with E-state index in [4.69, 9.17) is 31.9 Å². The molecule has 3 heterocycles. The number of nitrogens with two attached hydrogens (primary N) is 1. The van der Waals surface area contributed by atoms with Gasteiger partial charge in [-0.2, -0.15) is 13.6 Å². The van der Waals surface area contributed by atoms with E-state index in [1.165, 1.54) is 0 Å². The van der Waals surface area contributed by atoms with Crippen molar-refractivity contribution in [2.24, 2.45) is 0 Å². The second-order valence-corrected chi connectivity index (χ2v) is 12.5. The topological polar surface area (TPSA) is 266 Å². The highest BCUT2D eigenvalue weighted by atomic mass is 35.5. The number of fused-ring (bicyclic) bond motifs is 1. The molecule has 3 rings (SSSR count). The third-order valence-electron chi connectivity index (χ3n) is 4.79. The molecule has 0 amide bonds. The van der Waals surface area contributed by atoms with E-state index in [0.29, 0.717) is 6.20 Å². The summed E-state index contributed by atoms with van der Waals surface area (Å²) in [6, 6.07) is 0. The zero-order chi connectivity index (χ0) is 27.4. The summed E-state index contributed by atoms with van der Waals surface area (Å²) < 4.78 is 80.8. The first kappa shape index (κ1) is 29.3. The molecule has 0 radical (unpaired) electrons. The third kappa shape index (κ3) is 5.89. The summed E-state index contributed by atoms with van der Waals surface area (Å²) in [5, 5.41) is 10.0. The normalized spacial score (nSPS) is 29.2. The highest BCUT2D eigenvalue weighted by Crippen LogP contribution is 2.66. The molecule has 0 spiro atoms. The Morgan fingerprint density at radius 2 is 1.92 bits per heavy atom. The van der Waals surface area contributed by atoms with Crippen molar-refractivity contribution in [3.63, 3.8) is 0 Å². The number of halogens is 3. The number of aliphatic hydroxyl groups is 1. The number of aromatic nitrogens is 3. The number of alkyl halides is 2. The SMILES string of the molecule is C[C@@H](OP(=O)(O)OP(=O)(O)OP(=O)(O)O)[C@H]1O[C@@H](n2cc(F)c3c(=O)[nH]c(N)nc32)[C@@](Cl)(CF)C1O. The predicted molar refractivity (Wildman–Crippen MR) is 114 cm³/mol. The molecule has 1 saturated heterocycles. The van der Waals surface area contributed by atoms with Gasteiger partial charge in [-0.1, -0.05) is 0 Å². The number of hydrogen-bond donors (Lipinski definition) is 7. The Balaban J connectivity index is 1.92. The maximum atomic E-state index is 14.5. The molecule has 7 atom stereocenters. The summed E-state index contributed by atoms with van der Waals surface area (Å²) in [4.78, 5) is 51.6. The molecule has 36 heavy (non-hydrogen) atoms. The van der Waals surface area contributed by atoms with E-state index in [1.54, 1.807) is 0 Å². The highest BCUT2D eigenvalue weighted by Gasteiger charge is 2.59. The zero-order valence-corrected chi connectivity index (χ0v) is 21.0. The van der Waals surface area contributed by atoms with E-state index < -0.39 is 87.9 Å². The Hall–Kier alpha value is -1.30. The average Bonchev–Trinajstić information content (AvgIpc) is 3.13. The summed E-state index contributed by atoms with van der Waals surface area (Å²) in [5.41, 5.74) is 4.02. The minimum atomic E-state index is -5.85. The van der Waals surface area contributed by atoms with Crippen molar-refractivity contribution >= 4 is 52.1 Å². The maximum absolute atomic E-state index is 14.5. The lowest BCUT2D eigenvalue weighted by atomic mass is 9.97. The monoisotopic (exact) mass is 604 g/mol. The third-order valence-corrected chi connectivity index (χ3v) is 9.23. The van der Waals surface area contributed by atoms with Gasteiger partial charge in [0.05, 0.1) is 6.10 Å². The number of rotatable bonds is 9. The van der Waals surface area contributed by atoms with Gasteiger partial charge in [-0.3, -0.25) is 14.3 Å². The Morgan fingerprint density at radius 1 is 1.31 bits per heavy atom. The molecule has 23 heteroatoms. The molecule has 8 N–H and O–H groups in total. The van der Waals surface area contributed by atoms with Crippen LogP contribution in [0.5, 0.6) is 0 Å². The van der Waals surface area contributed by atoms with E-state index in [0.717, 1.165) is 11.5 Å². The minimum Gasteiger partial charge on any atom is -0.388 e. The average molecular weight is 605 g/mol. The lowest BCUT2D eigenvalue weighted by Gasteiger charge is -2.28. The fourth-order valence-corrected chi connectivity index (χ4v) is 6.92. The van der Waals surface area contributed by atoms with E-state index in [1.807, 2.05) is 0 Å². The van der Waals surface area contributed by atoms with Gasteiger partial charge in [0, 0.05) is 6.20 Å². The highest BCUT2D eigenvalue weighted by molar-refractivity contribution is 7.66. The molecule has 2 aromatic rings. The number of anilines is 1. The van der Waals surface area contributed by atoms with Gasteiger partial charge in [0.15, 0.2) is 17.7 Å². The van der Waals surface area contributed by atoms with Crippen LogP contribution < -0.4 is 11.3 Å². The van der Waals surface area contributed by atoms with Crippen LogP contribution in [0.2, 0.25) is 0 Å². The van der Waals surface area contributed by atoms with Gasteiger partial charge >= 0.3 is 23.5 Å². The first-order chi connectivity index (χ1) is 16.3. The Morgan fingerprint density at radius 3 is 2.47 bits per heavy atom. The number of aromatic amines is 1. The van der Waals surface area contributed by atoms with Gasteiger partial charge in [0.25, 0.3) is 5.56 Å². The van der Waals surface area contributed by atoms with Crippen LogP contribution in [0, 0.1) is 5.82 Å². The van der Waals surface area contributed by atoms with Crippen molar-refractivity contribution in [3.8, 4) is 0 Å². The van der Waals surface area contributed by atoms with Crippen molar-refractivity contribution in [2.75, 3.05) is 12.4 Å². The molecule has 204 valence electrons. The molecule has 1 aliphatic rings. The fourth-order valence-electron chi connectivity index (χ4n) is 3.44. The smallest absolute Gasteiger partial charge is 0.388 e. The number of nitrogen functional groups attached to an aromatic ring is 1. The molecule has 17 nitrogen and oxygen atoms in total. The molecule has 0 aromatic carbocycles. The van der Waals surface area contributed by atoms with E-state index >= 15 is 0 Å². The summed E-state index contributed by atoms with van der Waals surface area (Å²) >= 11 is 6.24. The number of nitrogens with one attached hydrogen (secondary N) is 1. The van der Waals surface area contributed by atoms with Crippen LogP contribution in [0.3, 0.4) is 0 Å². The number of phosphoric ester groups is 1. The van der Waals surface area contributed by atoms with Crippen LogP contribution in [0.1, 0.15) is 13.2 Å². The van der Waals surface area contributed by atoms with Crippen LogP contribution in [-0.4, -0.2) is 69.1 Å². The number of ether oxygens (including phenoxy) is 1. The lowest BCUT2D eigenvalue weighted by Crippen LogP contribution is -2.46. The van der Waals surface area contributed by atoms with E-state index in [-0.39, 0.29) is 0 Å². The van der Waals surface area contributed by atoms with Gasteiger partial charge in [0.1, 0.15) is 29.1 Å². The Kier molecular flexibility index (Phi) is 7.95. The molecule has 1 aliphatic heterocycles. The molecule has 3 unspecified atom stereocenters. The predicted octanol–water partition coefficient (Wildman–Crippen LogP) is 0.383. The molecular weight excluding hydrogens is 587 g/mol. The van der Waals surface area contributed by atoms with Crippen LogP contribution in [-0.2, 0) is 31.6 Å². The molecule has 0 saturated carbocycles. The fraction of sp³-hybridized carbons (Fsp3) is 0.538. The zero-order valence-electron chi connectivity index (χ0n) is 17.5. The van der Waals surface area contributed by atoms with Crippen LogP contribution in [0.15, 0.2) is 11.0 Å². The van der Waals surface area contributed by atoms with E-state index in [2.05, 4.69) is 23.1 Å². The first-order valence-electron chi connectivity index (χ1n) is 9.26. The largest absolute Gasteiger partial charge is 0.490 e. The number of nitrogens with zero attached hydrogens (tertiary/aromatic N) is 2. The summed E-state index contributed by atoms with van der Waals surface area (Å²) in [5.74, 6) is -1.59. The van der Waals surface area contributed by atoms with Crippen molar-refractivity contribution < 1.29 is 65.0 Å². The van der Waals surface area contributed by atoms with Gasteiger partial charge in [-0.25, -0.2) is 22.5 Å². The van der Waals surface area contributed by atoms with Gasteiger partial charge < -0.3 is 39.7 Å². The minimum absolute atomic E-state index is 0.453. The number of hydrogen-bond acceptors (Lipinski definition) is 11. The standard InChI is InChI=1S/C13H18ClF2N4O13P3/c1-4(31-35(26,27)33-36(28,29)32-34(23,24)25)7-8(21)13(14,3-15)11(30-7)20-2-5(16)6-9(20)18-12(17)19-10(6)22/h2,4,7-8,11,21H,3H2,1H3,(H,26,27)(H,28,29)(H2,23,24,25)(H3,17,18,19,22)/t4-,7-,8?,11-,13-/m1/s1. The number of H-pyrrole nitrogens is 1. The molecule has 1 fully saturated rings. The van der Waals surface area contributed by atoms with Crippen LogP contribution >= 0.6 is 35.1 Å². The summed E-state index contributed by atoms with van der Waals surface area (Å²) in [7, 11) is -17.2. The van der Waals surface area contributed by atoms with Gasteiger partial charge in [-0.15, -0.1) is 11.6 Å². The number of aliphatic hydroxyl groups excluding tert-OH is 1. The molecule has 0 bridgehead atoms. The van der Waals surface area contributed by atoms with Crippen molar-refractivity contribution in [3.05, 3.63) is 22.4 Å². The maximum Gasteiger partial charge on any atom is 0.490 e. The first-order valence-corrected chi connectivity index (χ1v) is 14.2. The number of phosphoric acid groups is 3. The molecular formula is C13H18ClF2N4O13P3.